The Kier molecular flexibility index (Phi) is 6.99. The molecule has 4 heteroatoms. The first-order chi connectivity index (χ1) is 9.61. The summed E-state index contributed by atoms with van der Waals surface area (Å²) in [7, 11) is 0. The summed E-state index contributed by atoms with van der Waals surface area (Å²) in [5.74, 6) is -0.234. The van der Waals surface area contributed by atoms with Gasteiger partial charge < -0.3 is 4.74 Å². The molecule has 0 N–H and O–H groups in total. The van der Waals surface area contributed by atoms with Crippen molar-refractivity contribution in [2.75, 3.05) is 0 Å². The van der Waals surface area contributed by atoms with E-state index in [0.29, 0.717) is 0 Å². The van der Waals surface area contributed by atoms with E-state index in [-0.39, 0.29) is 21.8 Å². The molecule has 0 saturated heterocycles. The maximum absolute atomic E-state index is 11.2. The van der Waals surface area contributed by atoms with Gasteiger partial charge in [0.2, 0.25) is 0 Å². The van der Waals surface area contributed by atoms with E-state index >= 15 is 0 Å². The molecule has 0 aromatic carbocycles. The van der Waals surface area contributed by atoms with Gasteiger partial charge in [-0.3, -0.25) is 4.79 Å². The summed E-state index contributed by atoms with van der Waals surface area (Å²) in [6, 6.07) is 0. The van der Waals surface area contributed by atoms with Crippen LogP contribution in [0, 0.1) is 0 Å². The molecule has 3 atom stereocenters. The molecule has 1 fully saturated rings. The first-order valence-electron chi connectivity index (χ1n) is 7.44. The van der Waals surface area contributed by atoms with E-state index in [9.17, 15) is 4.79 Å². The third kappa shape index (κ3) is 6.15. The number of esters is 1. The highest BCUT2D eigenvalue weighted by molar-refractivity contribution is 9.10. The molecule has 120 valence electrons. The minimum Gasteiger partial charge on any atom is -0.458 e. The Morgan fingerprint density at radius 2 is 2.10 bits per heavy atom. The lowest BCUT2D eigenvalue weighted by Gasteiger charge is -2.35. The topological polar surface area (TPSA) is 26.3 Å². The van der Waals surface area contributed by atoms with E-state index < -0.39 is 0 Å². The van der Waals surface area contributed by atoms with E-state index in [1.54, 1.807) is 0 Å². The Labute approximate surface area is 142 Å². The molecule has 0 radical (unpaired) electrons. The summed E-state index contributed by atoms with van der Waals surface area (Å²) < 4.78 is 5.42. The molecule has 0 aromatic rings. The SMILES string of the molecule is CC(=O)OC(C=C(C)C)CC(C)=C1CCC(C)(Br)C(Cl)C1. The van der Waals surface area contributed by atoms with Gasteiger partial charge in [-0.2, -0.15) is 0 Å². The maximum atomic E-state index is 11.2. The van der Waals surface area contributed by atoms with Gasteiger partial charge in [-0.15, -0.1) is 11.6 Å². The Morgan fingerprint density at radius 3 is 2.57 bits per heavy atom. The Bertz CT molecular complexity index is 448. The molecule has 1 saturated carbocycles. The monoisotopic (exact) mass is 376 g/mol. The maximum Gasteiger partial charge on any atom is 0.303 e. The average molecular weight is 378 g/mol. The van der Waals surface area contributed by atoms with Crippen LogP contribution in [0.1, 0.15) is 60.3 Å². The molecule has 0 aliphatic heterocycles. The molecule has 1 aliphatic carbocycles. The van der Waals surface area contributed by atoms with Crippen LogP contribution in [0.5, 0.6) is 0 Å². The summed E-state index contributed by atoms with van der Waals surface area (Å²) in [5, 5.41) is 0.104. The zero-order valence-electron chi connectivity index (χ0n) is 13.6. The molecule has 2 nitrogen and oxygen atoms in total. The van der Waals surface area contributed by atoms with Crippen molar-refractivity contribution in [3.8, 4) is 0 Å². The van der Waals surface area contributed by atoms with Crippen molar-refractivity contribution in [3.05, 3.63) is 22.8 Å². The van der Waals surface area contributed by atoms with Gasteiger partial charge in [-0.1, -0.05) is 32.6 Å². The number of alkyl halides is 2. The Morgan fingerprint density at radius 1 is 1.48 bits per heavy atom. The van der Waals surface area contributed by atoms with Gasteiger partial charge >= 0.3 is 5.97 Å². The van der Waals surface area contributed by atoms with Crippen molar-refractivity contribution >= 4 is 33.5 Å². The highest BCUT2D eigenvalue weighted by Gasteiger charge is 2.35. The minimum absolute atomic E-state index is 0.0214. The largest absolute Gasteiger partial charge is 0.458 e. The van der Waals surface area contributed by atoms with Crippen molar-refractivity contribution in [1.29, 1.82) is 0 Å². The molecule has 0 aromatic heterocycles. The van der Waals surface area contributed by atoms with Crippen LogP contribution in [0.15, 0.2) is 22.8 Å². The number of carbonyl (C=O) groups is 1. The molecule has 1 aliphatic rings. The molecule has 1 rings (SSSR count). The zero-order valence-corrected chi connectivity index (χ0v) is 16.0. The molecule has 0 bridgehead atoms. The number of halogens is 2. The highest BCUT2D eigenvalue weighted by Crippen LogP contribution is 2.42. The predicted octanol–water partition coefficient (Wildman–Crippen LogP) is 5.54. The summed E-state index contributed by atoms with van der Waals surface area (Å²) >= 11 is 10.2. The van der Waals surface area contributed by atoms with Crippen LogP contribution in [-0.2, 0) is 9.53 Å². The summed E-state index contributed by atoms with van der Waals surface area (Å²) in [6.07, 6.45) is 5.58. The van der Waals surface area contributed by atoms with Gasteiger partial charge in [0.15, 0.2) is 0 Å². The van der Waals surface area contributed by atoms with Crippen LogP contribution in [0.2, 0.25) is 0 Å². The van der Waals surface area contributed by atoms with Crippen molar-refractivity contribution in [3.63, 3.8) is 0 Å². The van der Waals surface area contributed by atoms with E-state index in [0.717, 1.165) is 31.3 Å². The third-order valence-electron chi connectivity index (χ3n) is 3.94. The van der Waals surface area contributed by atoms with E-state index in [1.807, 2.05) is 19.9 Å². The average Bonchev–Trinajstić information content (AvgIpc) is 2.30. The minimum atomic E-state index is -0.234. The summed E-state index contributed by atoms with van der Waals surface area (Å²) in [4.78, 5) is 11.2. The van der Waals surface area contributed by atoms with Crippen LogP contribution < -0.4 is 0 Å². The number of rotatable bonds is 4. The number of hydrogen-bond acceptors (Lipinski definition) is 2. The second kappa shape index (κ2) is 7.82. The molecule has 3 unspecified atom stereocenters. The first-order valence-corrected chi connectivity index (χ1v) is 8.67. The van der Waals surface area contributed by atoms with Crippen molar-refractivity contribution in [2.24, 2.45) is 0 Å². The standard InChI is InChI=1S/C17H26BrClO2/c1-11(2)8-15(21-13(4)20)9-12(3)14-6-7-17(5,18)16(19)10-14/h8,15-16H,6-7,9-10H2,1-5H3. The van der Waals surface area contributed by atoms with Crippen LogP contribution in [-0.4, -0.2) is 21.8 Å². The van der Waals surface area contributed by atoms with Crippen LogP contribution in [0.4, 0.5) is 0 Å². The van der Waals surface area contributed by atoms with Gasteiger partial charge in [-0.25, -0.2) is 0 Å². The molecule has 0 amide bonds. The summed E-state index contributed by atoms with van der Waals surface area (Å²) in [6.45, 7) is 9.78. The van der Waals surface area contributed by atoms with Crippen LogP contribution in [0.25, 0.3) is 0 Å². The van der Waals surface area contributed by atoms with E-state index in [4.69, 9.17) is 16.3 Å². The number of hydrogen-bond donors (Lipinski definition) is 0. The smallest absolute Gasteiger partial charge is 0.303 e. The lowest BCUT2D eigenvalue weighted by molar-refractivity contribution is -0.144. The zero-order chi connectivity index (χ0) is 16.2. The van der Waals surface area contributed by atoms with E-state index in [1.165, 1.54) is 18.1 Å². The molecular formula is C17H26BrClO2. The fraction of sp³-hybridized carbons (Fsp3) is 0.706. The Hall–Kier alpha value is -0.280. The third-order valence-corrected chi connectivity index (χ3v) is 5.79. The van der Waals surface area contributed by atoms with Gasteiger partial charge in [0.1, 0.15) is 6.10 Å². The van der Waals surface area contributed by atoms with Crippen molar-refractivity contribution < 1.29 is 9.53 Å². The van der Waals surface area contributed by atoms with Gasteiger partial charge in [0.05, 0.1) is 5.38 Å². The fourth-order valence-electron chi connectivity index (χ4n) is 2.64. The van der Waals surface area contributed by atoms with Crippen molar-refractivity contribution in [2.45, 2.75) is 76.1 Å². The molecule has 21 heavy (non-hydrogen) atoms. The molecule has 0 spiro atoms. The predicted molar refractivity (Wildman–Crippen MR) is 93.1 cm³/mol. The normalized spacial score (nSPS) is 29.6. The molecule has 0 heterocycles. The fourth-order valence-corrected chi connectivity index (χ4v) is 3.29. The van der Waals surface area contributed by atoms with Crippen LogP contribution in [0.3, 0.4) is 0 Å². The van der Waals surface area contributed by atoms with E-state index in [2.05, 4.69) is 29.8 Å². The lowest BCUT2D eigenvalue weighted by atomic mass is 9.83. The Balaban J connectivity index is 2.81. The van der Waals surface area contributed by atoms with Crippen LogP contribution >= 0.6 is 27.5 Å². The lowest BCUT2D eigenvalue weighted by Crippen LogP contribution is -2.33. The number of carbonyl (C=O) groups excluding carboxylic acids is 1. The number of ether oxygens (including phenoxy) is 1. The second-order valence-corrected chi connectivity index (χ2v) is 8.77. The quantitative estimate of drug-likeness (QED) is 0.365. The van der Waals surface area contributed by atoms with Crippen molar-refractivity contribution in [1.82, 2.24) is 0 Å². The first kappa shape index (κ1) is 18.8. The van der Waals surface area contributed by atoms with Gasteiger partial charge in [0, 0.05) is 17.7 Å². The number of allylic oxidation sites excluding steroid dienone is 2. The second-order valence-electron chi connectivity index (χ2n) is 6.43. The summed E-state index contributed by atoms with van der Waals surface area (Å²) in [5.41, 5.74) is 3.87. The van der Waals surface area contributed by atoms with Gasteiger partial charge in [0.25, 0.3) is 0 Å². The van der Waals surface area contributed by atoms with Gasteiger partial charge in [-0.05, 0) is 53.0 Å². The molecular weight excluding hydrogens is 352 g/mol. The highest BCUT2D eigenvalue weighted by atomic mass is 79.9.